The molecule has 188 valence electrons. The summed E-state index contributed by atoms with van der Waals surface area (Å²) in [6.07, 6.45) is 19.1. The topological polar surface area (TPSA) is 68.3 Å². The largest absolute Gasteiger partial charge is 0.224 e. The molecule has 0 radical (unpaired) electrons. The lowest BCUT2D eigenvalue weighted by Gasteiger charge is -2.62. The summed E-state index contributed by atoms with van der Waals surface area (Å²) in [4.78, 5) is 0. The van der Waals surface area contributed by atoms with Gasteiger partial charge in [0.1, 0.15) is 0 Å². The third-order valence-corrected chi connectivity index (χ3v) is 14.2. The fraction of sp³-hybridized carbons (Fsp3) is 0.857. The van der Waals surface area contributed by atoms with Crippen molar-refractivity contribution in [1.29, 1.82) is 0 Å². The molecule has 4 spiro atoms. The molecule has 8 fully saturated rings. The Bertz CT molecular complexity index is 1040. The van der Waals surface area contributed by atoms with Crippen LogP contribution in [-0.4, -0.2) is 28.3 Å². The molecule has 1 heterocycles. The third kappa shape index (κ3) is 3.79. The fourth-order valence-electron chi connectivity index (χ4n) is 11.4. The minimum atomic E-state index is -3.23. The Balaban J connectivity index is 1.27. The van der Waals surface area contributed by atoms with E-state index in [-0.39, 0.29) is 33.2 Å². The summed E-state index contributed by atoms with van der Waals surface area (Å²) in [7, 11) is -6.45. The molecule has 0 aromatic rings. The Morgan fingerprint density at radius 1 is 0.529 bits per heavy atom. The summed E-state index contributed by atoms with van der Waals surface area (Å²) in [5.41, 5.74) is 0.110. The van der Waals surface area contributed by atoms with Crippen LogP contribution in [-0.2, 0) is 19.7 Å². The second-order valence-electron chi connectivity index (χ2n) is 14.5. The van der Waals surface area contributed by atoms with E-state index in [4.69, 9.17) is 0 Å². The van der Waals surface area contributed by atoms with Crippen molar-refractivity contribution in [2.75, 3.05) is 11.5 Å². The molecule has 8 bridgehead atoms. The van der Waals surface area contributed by atoms with Gasteiger partial charge in [-0.2, -0.15) is 0 Å². The van der Waals surface area contributed by atoms with Crippen LogP contribution in [0.25, 0.3) is 0 Å². The lowest BCUT2D eigenvalue weighted by atomic mass is 9.43. The van der Waals surface area contributed by atoms with E-state index < -0.39 is 19.7 Å². The first-order valence-corrected chi connectivity index (χ1v) is 17.2. The van der Waals surface area contributed by atoms with Gasteiger partial charge in [-0.3, -0.25) is 0 Å². The van der Waals surface area contributed by atoms with Gasteiger partial charge in [0.25, 0.3) is 0 Å². The van der Waals surface area contributed by atoms with E-state index in [9.17, 15) is 16.8 Å². The van der Waals surface area contributed by atoms with Crippen molar-refractivity contribution in [2.45, 2.75) is 89.9 Å². The maximum atomic E-state index is 13.3. The van der Waals surface area contributed by atoms with Gasteiger partial charge < -0.3 is 0 Å². The molecule has 8 saturated carbocycles. The first-order valence-electron chi connectivity index (χ1n) is 13.8. The van der Waals surface area contributed by atoms with Gasteiger partial charge in [-0.15, -0.1) is 0 Å². The van der Waals surface area contributed by atoms with Gasteiger partial charge in [-0.05, 0) is 135 Å². The number of hydrogen-bond donors (Lipinski definition) is 0. The molecule has 0 N–H and O–H groups in total. The monoisotopic (exact) mass is 504 g/mol. The molecule has 8 aliphatic carbocycles. The van der Waals surface area contributed by atoms with Crippen molar-refractivity contribution in [2.24, 2.45) is 45.3 Å². The van der Waals surface area contributed by atoms with Crippen molar-refractivity contribution < 1.29 is 16.8 Å². The fourth-order valence-corrected chi connectivity index (χ4v) is 14.1. The molecule has 0 aromatic carbocycles. The average Bonchev–Trinajstić information content (AvgIpc) is 2.73. The molecule has 1 aliphatic heterocycles. The van der Waals surface area contributed by atoms with E-state index in [2.05, 4.69) is 12.2 Å². The molecule has 6 heteroatoms. The van der Waals surface area contributed by atoms with Crippen LogP contribution >= 0.6 is 0 Å². The number of sulfone groups is 2. The normalized spacial score (nSPS) is 56.2. The molecule has 4 nitrogen and oxygen atoms in total. The van der Waals surface area contributed by atoms with Crippen LogP contribution in [0, 0.1) is 45.3 Å². The summed E-state index contributed by atoms with van der Waals surface area (Å²) in [6, 6.07) is 0. The zero-order valence-corrected chi connectivity index (χ0v) is 22.0. The predicted octanol–water partition coefficient (Wildman–Crippen LogP) is 5.81. The van der Waals surface area contributed by atoms with Crippen LogP contribution in [0.2, 0.25) is 0 Å². The van der Waals surface area contributed by atoms with Gasteiger partial charge in [0, 0.05) is 10.8 Å². The minimum Gasteiger partial charge on any atom is -0.224 e. The summed E-state index contributed by atoms with van der Waals surface area (Å²) >= 11 is 0. The lowest BCUT2D eigenvalue weighted by molar-refractivity contribution is -0.0889. The Kier molecular flexibility index (Phi) is 4.66. The van der Waals surface area contributed by atoms with E-state index in [1.807, 2.05) is 0 Å². The van der Waals surface area contributed by atoms with Gasteiger partial charge >= 0.3 is 0 Å². The first-order chi connectivity index (χ1) is 16.0. The van der Waals surface area contributed by atoms with Gasteiger partial charge in [0.05, 0.1) is 11.5 Å². The highest BCUT2D eigenvalue weighted by molar-refractivity contribution is 7.94. The van der Waals surface area contributed by atoms with Crippen LogP contribution in [0.5, 0.6) is 0 Å². The zero-order chi connectivity index (χ0) is 23.5. The second-order valence-corrected chi connectivity index (χ2v) is 18.5. The Morgan fingerprint density at radius 2 is 0.882 bits per heavy atom. The van der Waals surface area contributed by atoms with Crippen molar-refractivity contribution in [1.82, 2.24) is 0 Å². The van der Waals surface area contributed by atoms with Crippen LogP contribution in [0.4, 0.5) is 0 Å². The molecule has 9 aliphatic rings. The van der Waals surface area contributed by atoms with Crippen LogP contribution in [0.3, 0.4) is 0 Å². The second kappa shape index (κ2) is 7.02. The summed E-state index contributed by atoms with van der Waals surface area (Å²) in [5.74, 6) is 3.05. The van der Waals surface area contributed by atoms with Gasteiger partial charge in [0.2, 0.25) is 0 Å². The standard InChI is InChI=1S/C28H40O4S2/c29-33(30)5-1-25-11-21-9-22(12-25)14-26(13-21,19-25)3-7-34(31,32)8-4-28-17-23-10-24(18-28)16-27(15-23,20-28)2-6-33/h1,4-5,8,21-24H,2-3,6-7,9-20H2/b5-1+,8-4+/t21-,22+,23-,24+,25?,26?,27?,28?. The Hall–Kier alpha value is -0.620. The lowest BCUT2D eigenvalue weighted by Crippen LogP contribution is -2.52. The smallest absolute Gasteiger partial charge is 0.171 e. The van der Waals surface area contributed by atoms with Crippen molar-refractivity contribution in [3.63, 3.8) is 0 Å². The minimum absolute atomic E-state index is 0.0292. The quantitative estimate of drug-likeness (QED) is 0.417. The van der Waals surface area contributed by atoms with Gasteiger partial charge in [-0.1, -0.05) is 12.2 Å². The van der Waals surface area contributed by atoms with Crippen molar-refractivity contribution in [3.8, 4) is 0 Å². The summed E-state index contributed by atoms with van der Waals surface area (Å²) in [5, 5.41) is 3.21. The van der Waals surface area contributed by atoms with Crippen LogP contribution in [0.15, 0.2) is 23.0 Å². The molecule has 0 amide bonds. The highest BCUT2D eigenvalue weighted by atomic mass is 32.2. The van der Waals surface area contributed by atoms with Crippen LogP contribution < -0.4 is 0 Å². The van der Waals surface area contributed by atoms with E-state index >= 15 is 0 Å². The van der Waals surface area contributed by atoms with Gasteiger partial charge in [0.15, 0.2) is 19.7 Å². The molecule has 34 heavy (non-hydrogen) atoms. The average molecular weight is 505 g/mol. The maximum Gasteiger partial charge on any atom is 0.171 e. The first kappa shape index (κ1) is 22.6. The predicted molar refractivity (Wildman–Crippen MR) is 134 cm³/mol. The Morgan fingerprint density at radius 3 is 1.24 bits per heavy atom. The van der Waals surface area contributed by atoms with Crippen LogP contribution in [0.1, 0.15) is 89.9 Å². The molecule has 0 saturated heterocycles. The third-order valence-electron chi connectivity index (χ3n) is 11.5. The maximum absolute atomic E-state index is 13.3. The van der Waals surface area contributed by atoms with Crippen molar-refractivity contribution in [3.05, 3.63) is 23.0 Å². The van der Waals surface area contributed by atoms with E-state index in [0.29, 0.717) is 23.7 Å². The Labute approximate surface area is 205 Å². The highest BCUT2D eigenvalue weighted by Gasteiger charge is 2.58. The number of rotatable bonds is 0. The molecule has 8 atom stereocenters. The van der Waals surface area contributed by atoms with E-state index in [1.165, 1.54) is 12.8 Å². The molecule has 0 aromatic heterocycles. The molecular formula is C28H40O4S2. The summed E-state index contributed by atoms with van der Waals surface area (Å²) < 4.78 is 53.2. The zero-order valence-electron chi connectivity index (χ0n) is 20.4. The van der Waals surface area contributed by atoms with E-state index in [0.717, 1.165) is 77.0 Å². The SMILES string of the molecule is O=S1(=O)/C=C/C23C[C@H]4C[C@@H](C2)CC(CCS(=O)(=O)/C=C/C25C[C@H]6C[C@@H](C2)CC(CC1)(C6)C5)(C4)C3. The molecular weight excluding hydrogens is 464 g/mol. The van der Waals surface area contributed by atoms with E-state index in [1.54, 1.807) is 10.8 Å². The number of hydrogen-bond acceptors (Lipinski definition) is 4. The highest BCUT2D eigenvalue weighted by Crippen LogP contribution is 2.68. The van der Waals surface area contributed by atoms with Gasteiger partial charge in [-0.25, -0.2) is 16.8 Å². The molecule has 4 unspecified atom stereocenters. The summed E-state index contributed by atoms with van der Waals surface area (Å²) in [6.45, 7) is 0. The molecule has 9 rings (SSSR count). The number of allylic oxidation sites excluding steroid dienone is 2. The van der Waals surface area contributed by atoms with Crippen molar-refractivity contribution >= 4 is 19.7 Å².